The number of hydrogen-bond acceptors (Lipinski definition) is 3. The molecular formula is C11H11F3N4. The van der Waals surface area contributed by atoms with Gasteiger partial charge >= 0.3 is 6.18 Å². The van der Waals surface area contributed by atoms with Gasteiger partial charge in [0.15, 0.2) is 0 Å². The molecule has 18 heavy (non-hydrogen) atoms. The van der Waals surface area contributed by atoms with E-state index >= 15 is 0 Å². The van der Waals surface area contributed by atoms with Gasteiger partial charge in [-0.15, -0.1) is 0 Å². The van der Waals surface area contributed by atoms with Crippen LogP contribution in [-0.4, -0.2) is 16.0 Å². The number of anilines is 2. The van der Waals surface area contributed by atoms with Gasteiger partial charge in [-0.1, -0.05) is 6.07 Å². The first-order valence-electron chi connectivity index (χ1n) is 5.10. The highest BCUT2D eigenvalue weighted by Crippen LogP contribution is 2.25. The largest absolute Gasteiger partial charge is 0.408 e. The molecule has 2 aromatic rings. The molecule has 1 heterocycles. The van der Waals surface area contributed by atoms with E-state index in [1.165, 1.54) is 12.4 Å². The van der Waals surface area contributed by atoms with Crippen molar-refractivity contribution < 1.29 is 13.2 Å². The summed E-state index contributed by atoms with van der Waals surface area (Å²) in [5, 5.41) is 3.65. The Labute approximate surface area is 101 Å². The van der Waals surface area contributed by atoms with Crippen molar-refractivity contribution in [2.24, 2.45) is 0 Å². The van der Waals surface area contributed by atoms with Crippen LogP contribution in [0, 0.1) is 0 Å². The van der Waals surface area contributed by atoms with Crippen LogP contribution in [0.3, 0.4) is 0 Å². The van der Waals surface area contributed by atoms with Crippen LogP contribution in [0.2, 0.25) is 0 Å². The lowest BCUT2D eigenvalue weighted by molar-refractivity contribution is -0.142. The lowest BCUT2D eigenvalue weighted by atomic mass is 10.1. The third-order valence-electron chi connectivity index (χ3n) is 2.39. The molecule has 1 aromatic heterocycles. The third kappa shape index (κ3) is 2.73. The van der Waals surface area contributed by atoms with Gasteiger partial charge in [-0.25, -0.2) is 0 Å². The molecule has 0 saturated heterocycles. The number of hydrogen-bond donors (Lipinski definition) is 2. The second-order valence-electron chi connectivity index (χ2n) is 3.89. The molecule has 0 aliphatic heterocycles. The predicted molar refractivity (Wildman–Crippen MR) is 62.5 cm³/mol. The number of aromatic nitrogens is 2. The lowest BCUT2D eigenvalue weighted by Crippen LogP contribution is -2.17. The molecule has 0 saturated carbocycles. The Hall–Kier alpha value is -2.18. The number of nitrogen functional groups attached to an aromatic ring is 2. The second kappa shape index (κ2) is 4.25. The maximum atomic E-state index is 12.2. The van der Waals surface area contributed by atoms with E-state index in [1.54, 1.807) is 18.2 Å². The Morgan fingerprint density at radius 2 is 1.83 bits per heavy atom. The van der Waals surface area contributed by atoms with E-state index in [0.29, 0.717) is 22.5 Å². The number of nitrogens with zero attached hydrogens (tertiary/aromatic N) is 2. The first-order chi connectivity index (χ1) is 8.35. The van der Waals surface area contributed by atoms with Crippen LogP contribution < -0.4 is 11.5 Å². The van der Waals surface area contributed by atoms with E-state index in [4.69, 9.17) is 11.5 Å². The number of alkyl halides is 3. The SMILES string of the molecule is Nc1ccc(-c2cnn(CC(F)(F)F)c2)cc1N. The fraction of sp³-hybridized carbons (Fsp3) is 0.182. The highest BCUT2D eigenvalue weighted by molar-refractivity contribution is 5.73. The maximum absolute atomic E-state index is 12.2. The summed E-state index contributed by atoms with van der Waals surface area (Å²) in [7, 11) is 0. The summed E-state index contributed by atoms with van der Waals surface area (Å²) in [6.07, 6.45) is -1.61. The highest BCUT2D eigenvalue weighted by Gasteiger charge is 2.28. The summed E-state index contributed by atoms with van der Waals surface area (Å²) in [5.74, 6) is 0. The van der Waals surface area contributed by atoms with Crippen molar-refractivity contribution >= 4 is 11.4 Å². The summed E-state index contributed by atoms with van der Waals surface area (Å²) < 4.78 is 37.4. The summed E-state index contributed by atoms with van der Waals surface area (Å²) in [5.41, 5.74) is 13.2. The van der Waals surface area contributed by atoms with Gasteiger partial charge in [0, 0.05) is 11.8 Å². The van der Waals surface area contributed by atoms with Crippen LogP contribution in [0.4, 0.5) is 24.5 Å². The molecular weight excluding hydrogens is 245 g/mol. The van der Waals surface area contributed by atoms with Gasteiger partial charge in [-0.05, 0) is 17.7 Å². The van der Waals surface area contributed by atoms with Gasteiger partial charge in [0.05, 0.1) is 17.6 Å². The van der Waals surface area contributed by atoms with Crippen LogP contribution in [0.15, 0.2) is 30.6 Å². The smallest absolute Gasteiger partial charge is 0.397 e. The van der Waals surface area contributed by atoms with Gasteiger partial charge in [0.2, 0.25) is 0 Å². The summed E-state index contributed by atoms with van der Waals surface area (Å²) in [4.78, 5) is 0. The molecule has 96 valence electrons. The highest BCUT2D eigenvalue weighted by atomic mass is 19.4. The Bertz CT molecular complexity index is 560. The van der Waals surface area contributed by atoms with E-state index in [9.17, 15) is 13.2 Å². The Balaban J connectivity index is 2.26. The van der Waals surface area contributed by atoms with Crippen molar-refractivity contribution in [3.8, 4) is 11.1 Å². The summed E-state index contributed by atoms with van der Waals surface area (Å²) >= 11 is 0. The van der Waals surface area contributed by atoms with Crippen LogP contribution in [0.25, 0.3) is 11.1 Å². The molecule has 4 N–H and O–H groups in total. The molecule has 2 rings (SSSR count). The number of nitrogens with two attached hydrogens (primary N) is 2. The van der Waals surface area contributed by atoms with E-state index in [0.717, 1.165) is 4.68 Å². The van der Waals surface area contributed by atoms with E-state index in [-0.39, 0.29) is 0 Å². The minimum atomic E-state index is -4.29. The van der Waals surface area contributed by atoms with Gasteiger partial charge in [-0.2, -0.15) is 18.3 Å². The fourth-order valence-corrected chi connectivity index (χ4v) is 1.54. The Kier molecular flexibility index (Phi) is 2.90. The lowest BCUT2D eigenvalue weighted by Gasteiger charge is -2.05. The molecule has 1 aromatic carbocycles. The molecule has 7 heteroatoms. The average Bonchev–Trinajstić information content (AvgIpc) is 2.68. The van der Waals surface area contributed by atoms with E-state index < -0.39 is 12.7 Å². The zero-order valence-corrected chi connectivity index (χ0v) is 9.28. The first kappa shape index (κ1) is 12.3. The van der Waals surface area contributed by atoms with Crippen molar-refractivity contribution in [3.63, 3.8) is 0 Å². The summed E-state index contributed by atoms with van der Waals surface area (Å²) in [6.45, 7) is -1.11. The van der Waals surface area contributed by atoms with Crippen molar-refractivity contribution in [1.82, 2.24) is 9.78 Å². The molecule has 0 aliphatic rings. The molecule has 0 bridgehead atoms. The normalized spacial score (nSPS) is 11.7. The molecule has 0 radical (unpaired) electrons. The van der Waals surface area contributed by atoms with Crippen molar-refractivity contribution in [3.05, 3.63) is 30.6 Å². The zero-order chi connectivity index (χ0) is 13.3. The molecule has 0 fully saturated rings. The quantitative estimate of drug-likeness (QED) is 0.810. The number of benzene rings is 1. The van der Waals surface area contributed by atoms with Crippen LogP contribution in [-0.2, 0) is 6.54 Å². The standard InChI is InChI=1S/C11H11F3N4/c12-11(13,14)6-18-5-8(4-17-18)7-1-2-9(15)10(16)3-7/h1-5H,6,15-16H2. The Morgan fingerprint density at radius 3 is 2.44 bits per heavy atom. The van der Waals surface area contributed by atoms with Crippen LogP contribution in [0.1, 0.15) is 0 Å². The van der Waals surface area contributed by atoms with Crippen molar-refractivity contribution in [2.45, 2.75) is 12.7 Å². The monoisotopic (exact) mass is 256 g/mol. The van der Waals surface area contributed by atoms with Crippen molar-refractivity contribution in [2.75, 3.05) is 11.5 Å². The minimum absolute atomic E-state index is 0.385. The Morgan fingerprint density at radius 1 is 1.11 bits per heavy atom. The van der Waals surface area contributed by atoms with Gasteiger partial charge < -0.3 is 11.5 Å². The minimum Gasteiger partial charge on any atom is -0.397 e. The fourth-order valence-electron chi connectivity index (χ4n) is 1.54. The average molecular weight is 256 g/mol. The van der Waals surface area contributed by atoms with Crippen LogP contribution >= 0.6 is 0 Å². The van der Waals surface area contributed by atoms with Gasteiger partial charge in [0.25, 0.3) is 0 Å². The topological polar surface area (TPSA) is 69.9 Å². The van der Waals surface area contributed by atoms with Crippen LogP contribution in [0.5, 0.6) is 0 Å². The third-order valence-corrected chi connectivity index (χ3v) is 2.39. The first-order valence-corrected chi connectivity index (χ1v) is 5.10. The van der Waals surface area contributed by atoms with E-state index in [2.05, 4.69) is 5.10 Å². The molecule has 0 atom stereocenters. The second-order valence-corrected chi connectivity index (χ2v) is 3.89. The number of rotatable bonds is 2. The zero-order valence-electron chi connectivity index (χ0n) is 9.28. The molecule has 0 unspecified atom stereocenters. The van der Waals surface area contributed by atoms with E-state index in [1.807, 2.05) is 0 Å². The molecule has 0 spiro atoms. The maximum Gasteiger partial charge on any atom is 0.408 e. The van der Waals surface area contributed by atoms with Crippen molar-refractivity contribution in [1.29, 1.82) is 0 Å². The summed E-state index contributed by atoms with van der Waals surface area (Å²) in [6, 6.07) is 4.89. The predicted octanol–water partition coefficient (Wildman–Crippen LogP) is 2.28. The molecule has 0 aliphatic carbocycles. The molecule has 4 nitrogen and oxygen atoms in total. The number of halogens is 3. The van der Waals surface area contributed by atoms with Gasteiger partial charge in [0.1, 0.15) is 6.54 Å². The molecule has 0 amide bonds. The van der Waals surface area contributed by atoms with Gasteiger partial charge in [-0.3, -0.25) is 4.68 Å².